The van der Waals surface area contributed by atoms with Gasteiger partial charge in [0, 0.05) is 27.6 Å². The van der Waals surface area contributed by atoms with Gasteiger partial charge in [-0.15, -0.1) is 0 Å². The number of furan rings is 1. The fourth-order valence-corrected chi connectivity index (χ4v) is 3.79. The maximum atomic E-state index is 6.56. The van der Waals surface area contributed by atoms with Crippen molar-refractivity contribution in [2.45, 2.75) is 59.3 Å². The maximum absolute atomic E-state index is 6.56. The molecule has 4 aromatic rings. The third-order valence-corrected chi connectivity index (χ3v) is 5.41. The van der Waals surface area contributed by atoms with Gasteiger partial charge < -0.3 is 4.42 Å². The molecule has 4 rings (SSSR count). The molecular weight excluding hydrogens is 342 g/mol. The molecule has 2 nitrogen and oxygen atoms in total. The Balaban J connectivity index is 2.17. The van der Waals surface area contributed by atoms with Crippen LogP contribution in [0.3, 0.4) is 0 Å². The van der Waals surface area contributed by atoms with Crippen LogP contribution in [0.4, 0.5) is 0 Å². The fraction of sp³-hybridized carbons (Fsp3) is 0.346. The van der Waals surface area contributed by atoms with Crippen molar-refractivity contribution in [1.29, 1.82) is 0 Å². The van der Waals surface area contributed by atoms with E-state index in [0.29, 0.717) is 0 Å². The zero-order valence-electron chi connectivity index (χ0n) is 18.0. The zero-order chi connectivity index (χ0) is 20.3. The van der Waals surface area contributed by atoms with Crippen LogP contribution in [-0.2, 0) is 10.8 Å². The first-order chi connectivity index (χ1) is 13.1. The van der Waals surface area contributed by atoms with Crippen molar-refractivity contribution in [3.05, 3.63) is 65.4 Å². The molecule has 2 aromatic heterocycles. The highest BCUT2D eigenvalue weighted by Gasteiger charge is 2.26. The first-order valence-electron chi connectivity index (χ1n) is 10.00. The van der Waals surface area contributed by atoms with E-state index in [9.17, 15) is 0 Å². The summed E-state index contributed by atoms with van der Waals surface area (Å²) in [6.07, 6.45) is 0. The van der Waals surface area contributed by atoms with Gasteiger partial charge in [-0.05, 0) is 35.4 Å². The lowest BCUT2D eigenvalue weighted by molar-refractivity contribution is 0.559. The topological polar surface area (TPSA) is 26.0 Å². The molecule has 0 unspecified atom stereocenters. The Morgan fingerprint density at radius 3 is 2.00 bits per heavy atom. The maximum Gasteiger partial charge on any atom is 0.161 e. The van der Waals surface area contributed by atoms with Gasteiger partial charge in [0.15, 0.2) is 5.58 Å². The number of nitrogens with zero attached hydrogens (tertiary/aromatic N) is 1. The molecule has 0 atom stereocenters. The van der Waals surface area contributed by atoms with E-state index in [1.807, 2.05) is 18.2 Å². The summed E-state index contributed by atoms with van der Waals surface area (Å²) < 4.78 is 6.56. The van der Waals surface area contributed by atoms with Crippen LogP contribution < -0.4 is 0 Å². The molecule has 0 spiro atoms. The Labute approximate surface area is 167 Å². The highest BCUT2D eigenvalue weighted by atomic mass is 16.3. The van der Waals surface area contributed by atoms with E-state index in [4.69, 9.17) is 9.40 Å². The van der Waals surface area contributed by atoms with Gasteiger partial charge in [0.2, 0.25) is 0 Å². The van der Waals surface area contributed by atoms with E-state index in [1.165, 1.54) is 16.5 Å². The number of pyridine rings is 1. The molecule has 0 aliphatic heterocycles. The van der Waals surface area contributed by atoms with Crippen LogP contribution in [0.15, 0.2) is 52.9 Å². The molecule has 0 bridgehead atoms. The molecule has 0 aliphatic carbocycles. The number of fused-ring (bicyclic) bond motifs is 3. The number of aryl methyl sites for hydroxylation is 1. The highest BCUT2D eigenvalue weighted by molar-refractivity contribution is 6.10. The Hall–Kier alpha value is -2.61. The minimum atomic E-state index is -0.0111. The van der Waals surface area contributed by atoms with Crippen molar-refractivity contribution in [2.75, 3.05) is 0 Å². The number of hydrogen-bond donors (Lipinski definition) is 0. The van der Waals surface area contributed by atoms with Crippen molar-refractivity contribution in [2.24, 2.45) is 0 Å². The van der Waals surface area contributed by atoms with E-state index < -0.39 is 0 Å². The molecule has 0 N–H and O–H groups in total. The largest absolute Gasteiger partial charge is 0.453 e. The highest BCUT2D eigenvalue weighted by Crippen LogP contribution is 2.42. The second-order valence-corrected chi connectivity index (χ2v) is 9.86. The van der Waals surface area contributed by atoms with E-state index in [1.54, 1.807) is 0 Å². The van der Waals surface area contributed by atoms with Crippen LogP contribution in [0, 0.1) is 6.92 Å². The molecule has 28 heavy (non-hydrogen) atoms. The summed E-state index contributed by atoms with van der Waals surface area (Å²) in [6, 6.07) is 17.1. The van der Waals surface area contributed by atoms with Crippen LogP contribution in [0.5, 0.6) is 0 Å². The van der Waals surface area contributed by atoms with E-state index in [-0.39, 0.29) is 10.8 Å². The van der Waals surface area contributed by atoms with Crippen LogP contribution in [0.25, 0.3) is 33.2 Å². The lowest BCUT2D eigenvalue weighted by Gasteiger charge is -2.25. The monoisotopic (exact) mass is 371 g/mol. The van der Waals surface area contributed by atoms with Gasteiger partial charge in [-0.25, -0.2) is 4.98 Å². The molecule has 2 aromatic carbocycles. The van der Waals surface area contributed by atoms with E-state index >= 15 is 0 Å². The first-order valence-corrected chi connectivity index (χ1v) is 10.00. The summed E-state index contributed by atoms with van der Waals surface area (Å²) in [5, 5.41) is 2.34. The summed E-state index contributed by atoms with van der Waals surface area (Å²) >= 11 is 0. The molecule has 0 aliphatic rings. The summed E-state index contributed by atoms with van der Waals surface area (Å²) in [6.45, 7) is 15.6. The summed E-state index contributed by atoms with van der Waals surface area (Å²) in [7, 11) is 0. The van der Waals surface area contributed by atoms with Gasteiger partial charge in [0.1, 0.15) is 11.3 Å². The fourth-order valence-electron chi connectivity index (χ4n) is 3.79. The molecule has 2 heterocycles. The number of aromatic nitrogens is 1. The first kappa shape index (κ1) is 18.7. The minimum absolute atomic E-state index is 0.0111. The number of rotatable bonds is 1. The van der Waals surface area contributed by atoms with Crippen molar-refractivity contribution in [1.82, 2.24) is 4.98 Å². The van der Waals surface area contributed by atoms with Crippen molar-refractivity contribution in [3.63, 3.8) is 0 Å². The minimum Gasteiger partial charge on any atom is -0.453 e. The van der Waals surface area contributed by atoms with E-state index in [2.05, 4.69) is 78.8 Å². The Bertz CT molecular complexity index is 1170. The molecule has 0 amide bonds. The SMILES string of the molecule is Cc1cc2c(oc3c(C(C)(C)C)cc(C(C)(C)C)cc32)c(-c2ccccc2)n1. The normalized spacial score (nSPS) is 12.8. The molecule has 0 saturated carbocycles. The van der Waals surface area contributed by atoms with Crippen molar-refractivity contribution >= 4 is 21.9 Å². The molecule has 0 fully saturated rings. The lowest BCUT2D eigenvalue weighted by Crippen LogP contribution is -2.16. The Morgan fingerprint density at radius 2 is 1.39 bits per heavy atom. The number of hydrogen-bond acceptors (Lipinski definition) is 2. The molecule has 0 saturated heterocycles. The van der Waals surface area contributed by atoms with Crippen LogP contribution in [0.1, 0.15) is 58.4 Å². The van der Waals surface area contributed by atoms with Crippen LogP contribution in [0.2, 0.25) is 0 Å². The predicted molar refractivity (Wildman–Crippen MR) is 119 cm³/mol. The second-order valence-electron chi connectivity index (χ2n) is 9.86. The van der Waals surface area contributed by atoms with Gasteiger partial charge in [0.05, 0.1) is 0 Å². The average Bonchev–Trinajstić information content (AvgIpc) is 2.98. The predicted octanol–water partition coefficient (Wildman–Crippen LogP) is 7.55. The molecule has 0 radical (unpaired) electrons. The average molecular weight is 372 g/mol. The van der Waals surface area contributed by atoms with Crippen molar-refractivity contribution < 1.29 is 4.42 Å². The smallest absolute Gasteiger partial charge is 0.161 e. The van der Waals surface area contributed by atoms with E-state index in [0.717, 1.165) is 33.5 Å². The van der Waals surface area contributed by atoms with Gasteiger partial charge in [-0.2, -0.15) is 0 Å². The number of benzene rings is 2. The quantitative estimate of drug-likeness (QED) is 0.345. The van der Waals surface area contributed by atoms with Gasteiger partial charge in [-0.3, -0.25) is 0 Å². The lowest BCUT2D eigenvalue weighted by atomic mass is 9.79. The van der Waals surface area contributed by atoms with Crippen LogP contribution in [-0.4, -0.2) is 4.98 Å². The third-order valence-electron chi connectivity index (χ3n) is 5.41. The molecule has 144 valence electrons. The molecule has 2 heteroatoms. The second kappa shape index (κ2) is 6.20. The summed E-state index contributed by atoms with van der Waals surface area (Å²) in [4.78, 5) is 4.84. The Morgan fingerprint density at radius 1 is 0.750 bits per heavy atom. The van der Waals surface area contributed by atoms with Gasteiger partial charge in [0.25, 0.3) is 0 Å². The van der Waals surface area contributed by atoms with Crippen molar-refractivity contribution in [3.8, 4) is 11.3 Å². The van der Waals surface area contributed by atoms with Crippen LogP contribution >= 0.6 is 0 Å². The molecular formula is C26H29NO. The Kier molecular flexibility index (Phi) is 4.15. The summed E-state index contributed by atoms with van der Waals surface area (Å²) in [5.74, 6) is 0. The summed E-state index contributed by atoms with van der Waals surface area (Å²) in [5.41, 5.74) is 7.53. The third kappa shape index (κ3) is 3.11. The zero-order valence-corrected chi connectivity index (χ0v) is 18.0. The van der Waals surface area contributed by atoms with Gasteiger partial charge in [-0.1, -0.05) is 77.9 Å². The van der Waals surface area contributed by atoms with Gasteiger partial charge >= 0.3 is 0 Å². The standard InChI is InChI=1S/C26H29NO/c1-16-13-19-20-14-18(25(2,3)4)15-21(26(5,6)7)23(20)28-24(19)22(27-16)17-11-9-8-10-12-17/h8-15H,1-7H3.